The predicted octanol–water partition coefficient (Wildman–Crippen LogP) is 2.60. The molecular formula is C13H16ClNO4S2. The maximum atomic E-state index is 12.4. The Morgan fingerprint density at radius 2 is 2.14 bits per heavy atom. The van der Waals surface area contributed by atoms with E-state index in [1.54, 1.807) is 11.8 Å². The van der Waals surface area contributed by atoms with Gasteiger partial charge in [0.1, 0.15) is 4.90 Å². The number of rotatable bonds is 5. The number of halogens is 1. The van der Waals surface area contributed by atoms with E-state index in [2.05, 4.69) is 4.72 Å². The molecule has 1 aromatic carbocycles. The van der Waals surface area contributed by atoms with E-state index < -0.39 is 16.0 Å². The Bertz CT molecular complexity index is 648. The van der Waals surface area contributed by atoms with Crippen molar-refractivity contribution < 1.29 is 18.3 Å². The summed E-state index contributed by atoms with van der Waals surface area (Å²) >= 11 is 7.64. The fraction of sp³-hybridized carbons (Fsp3) is 0.462. The maximum absolute atomic E-state index is 12.4. The molecule has 2 N–H and O–H groups in total. The van der Waals surface area contributed by atoms with E-state index in [0.717, 1.165) is 25.3 Å². The zero-order valence-electron chi connectivity index (χ0n) is 11.4. The third kappa shape index (κ3) is 3.91. The van der Waals surface area contributed by atoms with E-state index in [9.17, 15) is 13.2 Å². The van der Waals surface area contributed by atoms with Crippen molar-refractivity contribution in [2.24, 2.45) is 0 Å². The zero-order valence-corrected chi connectivity index (χ0v) is 13.8. The Hall–Kier alpha value is -0.760. The number of hydrogen-bond donors (Lipinski definition) is 2. The average Bonchev–Trinajstić information content (AvgIpc) is 2.85. The van der Waals surface area contributed by atoms with Crippen LogP contribution in [0.15, 0.2) is 23.1 Å². The highest BCUT2D eigenvalue weighted by molar-refractivity contribution is 7.99. The lowest BCUT2D eigenvalue weighted by Gasteiger charge is -2.14. The van der Waals surface area contributed by atoms with E-state index in [4.69, 9.17) is 16.7 Å². The largest absolute Gasteiger partial charge is 0.478 e. The van der Waals surface area contributed by atoms with Gasteiger partial charge in [0.25, 0.3) is 0 Å². The van der Waals surface area contributed by atoms with Crippen LogP contribution in [0.1, 0.15) is 29.6 Å². The molecule has 0 saturated heterocycles. The van der Waals surface area contributed by atoms with E-state index >= 15 is 0 Å². The molecule has 2 atom stereocenters. The number of carboxylic acids is 1. The fourth-order valence-corrected chi connectivity index (χ4v) is 4.99. The van der Waals surface area contributed by atoms with Crippen LogP contribution in [0.2, 0.25) is 5.02 Å². The van der Waals surface area contributed by atoms with Gasteiger partial charge in [-0.1, -0.05) is 11.6 Å². The summed E-state index contributed by atoms with van der Waals surface area (Å²) in [6.07, 6.45) is 4.53. The number of sulfonamides is 1. The summed E-state index contributed by atoms with van der Waals surface area (Å²) < 4.78 is 27.4. The van der Waals surface area contributed by atoms with Crippen LogP contribution in [0.25, 0.3) is 0 Å². The third-order valence-electron chi connectivity index (χ3n) is 3.51. The minimum atomic E-state index is -3.82. The average molecular weight is 350 g/mol. The summed E-state index contributed by atoms with van der Waals surface area (Å²) in [5, 5.41) is 9.43. The van der Waals surface area contributed by atoms with E-state index in [0.29, 0.717) is 5.25 Å². The topological polar surface area (TPSA) is 83.5 Å². The molecule has 0 bridgehead atoms. The van der Waals surface area contributed by atoms with Gasteiger partial charge in [0, 0.05) is 11.3 Å². The van der Waals surface area contributed by atoms with Crippen LogP contribution in [-0.2, 0) is 10.0 Å². The van der Waals surface area contributed by atoms with Crippen molar-refractivity contribution in [1.29, 1.82) is 0 Å². The molecule has 5 nitrogen and oxygen atoms in total. The summed E-state index contributed by atoms with van der Waals surface area (Å²) in [7, 11) is -3.82. The van der Waals surface area contributed by atoms with Crippen LogP contribution in [0, 0.1) is 0 Å². The van der Waals surface area contributed by atoms with Crippen molar-refractivity contribution in [2.75, 3.05) is 6.26 Å². The van der Waals surface area contributed by atoms with Crippen LogP contribution in [0.5, 0.6) is 0 Å². The third-order valence-corrected chi connectivity index (χ3v) is 6.60. The Morgan fingerprint density at radius 1 is 1.43 bits per heavy atom. The van der Waals surface area contributed by atoms with E-state index in [1.807, 2.05) is 6.26 Å². The van der Waals surface area contributed by atoms with Gasteiger partial charge in [-0.3, -0.25) is 0 Å². The molecule has 8 heteroatoms. The van der Waals surface area contributed by atoms with Gasteiger partial charge in [-0.15, -0.1) is 0 Å². The lowest BCUT2D eigenvalue weighted by Crippen LogP contribution is -2.33. The van der Waals surface area contributed by atoms with Crippen molar-refractivity contribution in [3.8, 4) is 0 Å². The number of benzene rings is 1. The molecule has 0 amide bonds. The SMILES string of the molecule is CSC1CCC(NS(=O)(=O)c2cc(C(=O)O)ccc2Cl)C1. The molecule has 1 fully saturated rings. The Kier molecular flexibility index (Phi) is 5.19. The lowest BCUT2D eigenvalue weighted by molar-refractivity contribution is 0.0696. The highest BCUT2D eigenvalue weighted by Crippen LogP contribution is 2.30. The van der Waals surface area contributed by atoms with Crippen molar-refractivity contribution in [3.05, 3.63) is 28.8 Å². The minimum Gasteiger partial charge on any atom is -0.478 e. The first kappa shape index (κ1) is 16.6. The summed E-state index contributed by atoms with van der Waals surface area (Å²) in [5.74, 6) is -1.19. The highest BCUT2D eigenvalue weighted by atomic mass is 35.5. The van der Waals surface area contributed by atoms with Gasteiger partial charge in [0.05, 0.1) is 10.6 Å². The predicted molar refractivity (Wildman–Crippen MR) is 83.7 cm³/mol. The second-order valence-corrected chi connectivity index (χ2v) is 8.17. The minimum absolute atomic E-state index is 0.0203. The molecular weight excluding hydrogens is 334 g/mol. The van der Waals surface area contributed by atoms with Crippen LogP contribution < -0.4 is 4.72 Å². The number of aromatic carboxylic acids is 1. The highest BCUT2D eigenvalue weighted by Gasteiger charge is 2.29. The van der Waals surface area contributed by atoms with Crippen LogP contribution in [-0.4, -0.2) is 37.0 Å². The van der Waals surface area contributed by atoms with Gasteiger partial charge in [-0.2, -0.15) is 11.8 Å². The van der Waals surface area contributed by atoms with Gasteiger partial charge >= 0.3 is 5.97 Å². The molecule has 2 rings (SSSR count). The van der Waals surface area contributed by atoms with Gasteiger partial charge in [0.2, 0.25) is 10.0 Å². The van der Waals surface area contributed by atoms with Gasteiger partial charge < -0.3 is 5.11 Å². The molecule has 2 unspecified atom stereocenters. The summed E-state index contributed by atoms with van der Waals surface area (Å²) in [6.45, 7) is 0. The number of thioether (sulfide) groups is 1. The number of carboxylic acid groups (broad SMARTS) is 1. The summed E-state index contributed by atoms with van der Waals surface area (Å²) in [5.41, 5.74) is -0.104. The van der Waals surface area contributed by atoms with Crippen molar-refractivity contribution in [1.82, 2.24) is 4.72 Å². The number of hydrogen-bond acceptors (Lipinski definition) is 4. The second kappa shape index (κ2) is 6.56. The molecule has 0 radical (unpaired) electrons. The van der Waals surface area contributed by atoms with Gasteiger partial charge in [-0.05, 0) is 43.7 Å². The molecule has 1 saturated carbocycles. The summed E-state index contributed by atoms with van der Waals surface area (Å²) in [6, 6.07) is 3.53. The molecule has 0 heterocycles. The number of nitrogens with one attached hydrogen (secondary N) is 1. The smallest absolute Gasteiger partial charge is 0.335 e. The molecule has 0 aromatic heterocycles. The van der Waals surface area contributed by atoms with Crippen molar-refractivity contribution in [2.45, 2.75) is 35.4 Å². The fourth-order valence-electron chi connectivity index (χ4n) is 2.39. The standard InChI is InChI=1S/C13H16ClNO4S2/c1-20-10-4-3-9(7-10)15-21(18,19)12-6-8(13(16)17)2-5-11(12)14/h2,5-6,9-10,15H,3-4,7H2,1H3,(H,16,17). The zero-order chi connectivity index (χ0) is 15.6. The Labute approximate surface area is 133 Å². The first-order chi connectivity index (χ1) is 9.83. The first-order valence-electron chi connectivity index (χ1n) is 6.41. The Morgan fingerprint density at radius 3 is 2.71 bits per heavy atom. The number of carbonyl (C=O) groups is 1. The molecule has 1 aliphatic rings. The Balaban J connectivity index is 2.23. The molecule has 21 heavy (non-hydrogen) atoms. The van der Waals surface area contributed by atoms with Crippen molar-refractivity contribution in [3.63, 3.8) is 0 Å². The molecule has 0 spiro atoms. The van der Waals surface area contributed by atoms with Crippen molar-refractivity contribution >= 4 is 39.4 Å². The first-order valence-corrected chi connectivity index (χ1v) is 9.56. The second-order valence-electron chi connectivity index (χ2n) is 4.94. The van der Waals surface area contributed by atoms with Gasteiger partial charge in [0.15, 0.2) is 0 Å². The monoisotopic (exact) mass is 349 g/mol. The normalized spacial score (nSPS) is 22.4. The van der Waals surface area contributed by atoms with E-state index in [1.165, 1.54) is 12.1 Å². The van der Waals surface area contributed by atoms with Gasteiger partial charge in [-0.25, -0.2) is 17.9 Å². The van der Waals surface area contributed by atoms with Crippen LogP contribution in [0.4, 0.5) is 0 Å². The molecule has 1 aliphatic carbocycles. The molecule has 1 aromatic rings. The summed E-state index contributed by atoms with van der Waals surface area (Å²) in [4.78, 5) is 10.8. The lowest BCUT2D eigenvalue weighted by atomic mass is 10.2. The maximum Gasteiger partial charge on any atom is 0.335 e. The van der Waals surface area contributed by atoms with E-state index in [-0.39, 0.29) is 21.5 Å². The molecule has 116 valence electrons. The molecule has 0 aliphatic heterocycles. The van der Waals surface area contributed by atoms with Crippen LogP contribution >= 0.6 is 23.4 Å². The quantitative estimate of drug-likeness (QED) is 0.853. The van der Waals surface area contributed by atoms with Crippen LogP contribution in [0.3, 0.4) is 0 Å².